The van der Waals surface area contributed by atoms with Crippen molar-refractivity contribution in [2.45, 2.75) is 51.6 Å². The monoisotopic (exact) mass is 333 g/mol. The first-order valence-electron chi connectivity index (χ1n) is 8.71. The largest absolute Gasteiger partial charge is 0.457 e. The maximum absolute atomic E-state index is 13.5. The first kappa shape index (κ1) is 16.9. The number of ether oxygens (including phenoxy) is 1. The second kappa shape index (κ2) is 6.91. The van der Waals surface area contributed by atoms with Crippen molar-refractivity contribution in [1.82, 2.24) is 0 Å². The number of aryl methyl sites for hydroxylation is 1. The lowest BCUT2D eigenvalue weighted by Crippen LogP contribution is -2.31. The molecule has 4 nitrogen and oxygen atoms in total. The highest BCUT2D eigenvalue weighted by Gasteiger charge is 2.38. The molecule has 2 N–H and O–H groups in total. The first-order chi connectivity index (χ1) is 11.5. The van der Waals surface area contributed by atoms with E-state index < -0.39 is 0 Å². The fourth-order valence-corrected chi connectivity index (χ4v) is 3.52. The topological polar surface area (TPSA) is 69.4 Å². The summed E-state index contributed by atoms with van der Waals surface area (Å²) >= 11 is 0. The molecule has 24 heavy (non-hydrogen) atoms. The Labute approximate surface area is 141 Å². The number of amides is 1. The van der Waals surface area contributed by atoms with Crippen molar-refractivity contribution in [2.24, 2.45) is 23.5 Å². The molecule has 1 amide bonds. The minimum atomic E-state index is -0.286. The smallest absolute Gasteiger partial charge is 0.309 e. The fourth-order valence-electron chi connectivity index (χ4n) is 3.52. The summed E-state index contributed by atoms with van der Waals surface area (Å²) in [6.45, 7) is 1.72. The van der Waals surface area contributed by atoms with Crippen LogP contribution in [-0.2, 0) is 14.3 Å². The molecular formula is C19H24FNO3. The average molecular weight is 333 g/mol. The first-order valence-corrected chi connectivity index (χ1v) is 8.71. The number of hydrogen-bond acceptors (Lipinski definition) is 3. The molecule has 1 aromatic carbocycles. The zero-order chi connectivity index (χ0) is 17.3. The quantitative estimate of drug-likeness (QED) is 0.839. The Kier molecular flexibility index (Phi) is 4.88. The summed E-state index contributed by atoms with van der Waals surface area (Å²) in [6.07, 6.45) is 4.37. The third-order valence-electron chi connectivity index (χ3n) is 5.27. The number of esters is 1. The van der Waals surface area contributed by atoms with E-state index in [1.807, 2.05) is 0 Å². The van der Waals surface area contributed by atoms with Crippen LogP contribution < -0.4 is 5.73 Å². The summed E-state index contributed by atoms with van der Waals surface area (Å²) in [6, 6.07) is 4.92. The molecule has 0 aromatic heterocycles. The summed E-state index contributed by atoms with van der Waals surface area (Å²) in [7, 11) is 0. The average Bonchev–Trinajstić information content (AvgIpc) is 3.40. The van der Waals surface area contributed by atoms with Gasteiger partial charge in [0.2, 0.25) is 5.91 Å². The predicted octanol–water partition coefficient (Wildman–Crippen LogP) is 3.42. The maximum Gasteiger partial charge on any atom is 0.309 e. The highest BCUT2D eigenvalue weighted by Crippen LogP contribution is 2.44. The highest BCUT2D eigenvalue weighted by molar-refractivity contribution is 5.78. The molecule has 130 valence electrons. The fraction of sp³-hybridized carbons (Fsp3) is 0.579. The van der Waals surface area contributed by atoms with E-state index in [0.717, 1.165) is 18.4 Å². The van der Waals surface area contributed by atoms with E-state index >= 15 is 0 Å². The third-order valence-corrected chi connectivity index (χ3v) is 5.27. The SMILES string of the molecule is Cc1cc([C@H](OC(=O)C2CCC(C(N)=O)CC2)C2CC2)ccc1F. The standard InChI is InChI=1S/C19H24FNO3/c1-11-10-15(8-9-16(11)20)17(12-2-3-12)24-19(23)14-6-4-13(5-7-14)18(21)22/h8-10,12-14,17H,2-7H2,1H3,(H2,21,22)/t13?,14?,17-/m1/s1. The highest BCUT2D eigenvalue weighted by atomic mass is 19.1. The van der Waals surface area contributed by atoms with E-state index in [-0.39, 0.29) is 35.6 Å². The van der Waals surface area contributed by atoms with Crippen LogP contribution in [-0.4, -0.2) is 11.9 Å². The number of nitrogens with two attached hydrogens (primary N) is 1. The molecule has 0 unspecified atom stereocenters. The van der Waals surface area contributed by atoms with Crippen LogP contribution in [0.5, 0.6) is 0 Å². The Morgan fingerprint density at radius 2 is 1.75 bits per heavy atom. The summed E-state index contributed by atoms with van der Waals surface area (Å²) in [4.78, 5) is 23.8. The van der Waals surface area contributed by atoms with Gasteiger partial charge in [0.25, 0.3) is 0 Å². The lowest BCUT2D eigenvalue weighted by Gasteiger charge is -2.27. The van der Waals surface area contributed by atoms with Crippen molar-refractivity contribution in [1.29, 1.82) is 0 Å². The van der Waals surface area contributed by atoms with Gasteiger partial charge in [-0.05, 0) is 68.7 Å². The van der Waals surface area contributed by atoms with Gasteiger partial charge in [-0.15, -0.1) is 0 Å². The minimum Gasteiger partial charge on any atom is -0.457 e. The molecule has 0 bridgehead atoms. The lowest BCUT2D eigenvalue weighted by atomic mass is 9.81. The minimum absolute atomic E-state index is 0.118. The van der Waals surface area contributed by atoms with Gasteiger partial charge >= 0.3 is 5.97 Å². The van der Waals surface area contributed by atoms with Crippen LogP contribution in [0.4, 0.5) is 4.39 Å². The molecule has 2 aliphatic rings. The predicted molar refractivity (Wildman–Crippen MR) is 87.3 cm³/mol. The molecule has 0 spiro atoms. The lowest BCUT2D eigenvalue weighted by molar-refractivity contribution is -0.157. The van der Waals surface area contributed by atoms with Crippen molar-refractivity contribution in [3.05, 3.63) is 35.1 Å². The number of halogens is 1. The van der Waals surface area contributed by atoms with Crippen LogP contribution in [0.25, 0.3) is 0 Å². The van der Waals surface area contributed by atoms with Gasteiger partial charge in [0.15, 0.2) is 0 Å². The van der Waals surface area contributed by atoms with Crippen LogP contribution in [0.2, 0.25) is 0 Å². The molecule has 0 radical (unpaired) electrons. The van der Waals surface area contributed by atoms with Crippen LogP contribution in [0.3, 0.4) is 0 Å². The van der Waals surface area contributed by atoms with Gasteiger partial charge in [-0.2, -0.15) is 0 Å². The second-order valence-electron chi connectivity index (χ2n) is 7.15. The van der Waals surface area contributed by atoms with Gasteiger partial charge in [0.05, 0.1) is 5.92 Å². The van der Waals surface area contributed by atoms with Gasteiger partial charge in [0, 0.05) is 11.8 Å². The molecule has 0 heterocycles. The zero-order valence-electron chi connectivity index (χ0n) is 14.0. The molecule has 0 saturated heterocycles. The maximum atomic E-state index is 13.5. The van der Waals surface area contributed by atoms with Crippen LogP contribution in [0.1, 0.15) is 55.8 Å². The van der Waals surface area contributed by atoms with E-state index in [4.69, 9.17) is 10.5 Å². The zero-order valence-corrected chi connectivity index (χ0v) is 14.0. The molecule has 2 aliphatic carbocycles. The van der Waals surface area contributed by atoms with Crippen LogP contribution in [0, 0.1) is 30.5 Å². The number of carbonyl (C=O) groups excluding carboxylic acids is 2. The molecule has 2 fully saturated rings. The number of carbonyl (C=O) groups is 2. The molecule has 1 aromatic rings. The molecular weight excluding hydrogens is 309 g/mol. The molecule has 5 heteroatoms. The summed E-state index contributed by atoms with van der Waals surface area (Å²) in [5, 5.41) is 0. The van der Waals surface area contributed by atoms with E-state index in [9.17, 15) is 14.0 Å². The normalized spacial score (nSPS) is 25.1. The van der Waals surface area contributed by atoms with Gasteiger partial charge in [-0.3, -0.25) is 9.59 Å². The number of rotatable bonds is 5. The number of hydrogen-bond donors (Lipinski definition) is 1. The third kappa shape index (κ3) is 3.77. The number of primary amides is 1. The van der Waals surface area contributed by atoms with E-state index in [1.54, 1.807) is 19.1 Å². The Balaban J connectivity index is 1.65. The van der Waals surface area contributed by atoms with Crippen LogP contribution >= 0.6 is 0 Å². The van der Waals surface area contributed by atoms with Crippen LogP contribution in [0.15, 0.2) is 18.2 Å². The molecule has 2 saturated carbocycles. The molecule has 3 rings (SSSR count). The second-order valence-corrected chi connectivity index (χ2v) is 7.15. The van der Waals surface area contributed by atoms with Gasteiger partial charge in [-0.25, -0.2) is 4.39 Å². The summed E-state index contributed by atoms with van der Waals surface area (Å²) in [5.74, 6) is -0.669. The van der Waals surface area contributed by atoms with Gasteiger partial charge in [-0.1, -0.05) is 6.07 Å². The summed E-state index contributed by atoms with van der Waals surface area (Å²) in [5.41, 5.74) is 6.77. The molecule has 0 aliphatic heterocycles. The van der Waals surface area contributed by atoms with Gasteiger partial charge < -0.3 is 10.5 Å². The van der Waals surface area contributed by atoms with Crippen molar-refractivity contribution in [3.8, 4) is 0 Å². The Bertz CT molecular complexity index is 633. The van der Waals surface area contributed by atoms with Crippen molar-refractivity contribution in [3.63, 3.8) is 0 Å². The van der Waals surface area contributed by atoms with Gasteiger partial charge in [0.1, 0.15) is 11.9 Å². The Morgan fingerprint density at radius 1 is 1.12 bits per heavy atom. The Morgan fingerprint density at radius 3 is 2.29 bits per heavy atom. The Hall–Kier alpha value is -1.91. The van der Waals surface area contributed by atoms with Crippen molar-refractivity contribution in [2.75, 3.05) is 0 Å². The van der Waals surface area contributed by atoms with E-state index in [2.05, 4.69) is 0 Å². The van der Waals surface area contributed by atoms with E-state index in [0.29, 0.717) is 37.2 Å². The van der Waals surface area contributed by atoms with Crippen molar-refractivity contribution < 1.29 is 18.7 Å². The summed E-state index contributed by atoms with van der Waals surface area (Å²) < 4.78 is 19.3. The number of benzene rings is 1. The van der Waals surface area contributed by atoms with Crippen molar-refractivity contribution >= 4 is 11.9 Å². The molecule has 1 atom stereocenters. The van der Waals surface area contributed by atoms with E-state index in [1.165, 1.54) is 6.07 Å².